The molecule has 490 valence electrons. The maximum Gasteiger partial charge on any atom is 0.174 e. The van der Waals surface area contributed by atoms with Gasteiger partial charge in [-0.25, -0.2) is 29.9 Å². The molecule has 1 atom stereocenters. The van der Waals surface area contributed by atoms with Crippen LogP contribution in [-0.4, -0.2) is 29.9 Å². The molecule has 5 heterocycles. The maximum absolute atomic E-state index is 7.22. The molecule has 0 saturated heterocycles. The van der Waals surface area contributed by atoms with Crippen LogP contribution in [0.25, 0.3) is 134 Å². The van der Waals surface area contributed by atoms with Crippen molar-refractivity contribution in [1.29, 1.82) is 0 Å². The van der Waals surface area contributed by atoms with Gasteiger partial charge >= 0.3 is 0 Å². The van der Waals surface area contributed by atoms with Crippen LogP contribution >= 0.6 is 11.3 Å². The number of ether oxygens (including phenoxy) is 2. The highest BCUT2D eigenvalue weighted by molar-refractivity contribution is 7.18. The van der Waals surface area contributed by atoms with E-state index < -0.39 is 10.8 Å². The van der Waals surface area contributed by atoms with E-state index in [1.807, 2.05) is 78.9 Å². The summed E-state index contributed by atoms with van der Waals surface area (Å²) in [6.45, 7) is 0. The van der Waals surface area contributed by atoms with Crippen LogP contribution in [0.4, 0.5) is 0 Å². The molecule has 8 nitrogen and oxygen atoms in total. The molecular formula is C96H58N6O2S. The highest BCUT2D eigenvalue weighted by Gasteiger charge is 2.53. The smallest absolute Gasteiger partial charge is 0.174 e. The van der Waals surface area contributed by atoms with Crippen molar-refractivity contribution in [2.24, 2.45) is 0 Å². The molecule has 0 radical (unpaired) electrons. The van der Waals surface area contributed by atoms with Crippen molar-refractivity contribution in [2.75, 3.05) is 0 Å². The topological polar surface area (TPSA) is 95.8 Å². The predicted molar refractivity (Wildman–Crippen MR) is 420 cm³/mol. The van der Waals surface area contributed by atoms with Gasteiger partial charge in [0.25, 0.3) is 0 Å². The van der Waals surface area contributed by atoms with Gasteiger partial charge in [0.2, 0.25) is 0 Å². The molecule has 17 aromatic rings. The summed E-state index contributed by atoms with van der Waals surface area (Å²) in [5.41, 5.74) is 25.1. The van der Waals surface area contributed by atoms with E-state index in [1.165, 1.54) is 44.5 Å². The molecule has 3 aromatic heterocycles. The Kier molecular flexibility index (Phi) is 13.8. The fourth-order valence-corrected chi connectivity index (χ4v) is 17.8. The number of hydrogen-bond donors (Lipinski definition) is 0. The molecule has 105 heavy (non-hydrogen) atoms. The Morgan fingerprint density at radius 2 is 0.495 bits per heavy atom. The number of rotatable bonds is 10. The van der Waals surface area contributed by atoms with E-state index in [0.717, 1.165) is 122 Å². The second kappa shape index (κ2) is 24.0. The summed E-state index contributed by atoms with van der Waals surface area (Å²) in [5.74, 6) is 7.02. The minimum atomic E-state index is -0.724. The molecule has 2 aliphatic carbocycles. The monoisotopic (exact) mass is 1360 g/mol. The Morgan fingerprint density at radius 3 is 0.981 bits per heavy atom. The van der Waals surface area contributed by atoms with Gasteiger partial charge in [0.05, 0.1) is 15.7 Å². The predicted octanol–water partition coefficient (Wildman–Crippen LogP) is 23.7. The normalized spacial score (nSPS) is 14.2. The zero-order chi connectivity index (χ0) is 69.2. The lowest BCUT2D eigenvalue weighted by atomic mass is 9.65. The summed E-state index contributed by atoms with van der Waals surface area (Å²) in [6, 6.07) is 125. The van der Waals surface area contributed by atoms with Crippen LogP contribution in [0.5, 0.6) is 23.0 Å². The summed E-state index contributed by atoms with van der Waals surface area (Å²) >= 11 is 1.65. The van der Waals surface area contributed by atoms with Crippen molar-refractivity contribution in [2.45, 2.75) is 10.8 Å². The van der Waals surface area contributed by atoms with Crippen LogP contribution in [0.1, 0.15) is 44.5 Å². The Morgan fingerprint density at radius 1 is 0.190 bits per heavy atom. The van der Waals surface area contributed by atoms with Crippen LogP contribution in [0.2, 0.25) is 0 Å². The average molecular weight is 1360 g/mol. The van der Waals surface area contributed by atoms with Crippen molar-refractivity contribution >= 4 is 11.3 Å². The van der Waals surface area contributed by atoms with E-state index in [2.05, 4.69) is 273 Å². The summed E-state index contributed by atoms with van der Waals surface area (Å²) in [5, 5.41) is 0. The summed E-state index contributed by atoms with van der Waals surface area (Å²) in [7, 11) is 0. The molecule has 0 N–H and O–H groups in total. The van der Waals surface area contributed by atoms with Gasteiger partial charge < -0.3 is 9.47 Å². The Labute approximate surface area is 610 Å². The summed E-state index contributed by atoms with van der Waals surface area (Å²) < 4.78 is 14.2. The van der Waals surface area contributed by atoms with E-state index in [4.69, 9.17) is 39.4 Å². The third kappa shape index (κ3) is 9.38. The van der Waals surface area contributed by atoms with Crippen molar-refractivity contribution < 1.29 is 9.47 Å². The van der Waals surface area contributed by atoms with Crippen LogP contribution < -0.4 is 9.47 Å². The highest BCUT2D eigenvalue weighted by Crippen LogP contribution is 2.66. The first-order chi connectivity index (χ1) is 52.0. The minimum absolute atomic E-state index is 0.534. The molecular weight excluding hydrogens is 1300 g/mol. The number of nitrogens with zero attached hydrogens (tertiary/aromatic N) is 6. The molecule has 0 saturated carbocycles. The van der Waals surface area contributed by atoms with E-state index in [9.17, 15) is 0 Å². The second-order valence-corrected chi connectivity index (χ2v) is 28.1. The summed E-state index contributed by atoms with van der Waals surface area (Å²) in [6.07, 6.45) is 0. The number of fused-ring (bicyclic) bond motifs is 18. The van der Waals surface area contributed by atoms with Crippen molar-refractivity contribution in [3.05, 3.63) is 396 Å². The van der Waals surface area contributed by atoms with Crippen LogP contribution in [0.3, 0.4) is 0 Å². The lowest BCUT2D eigenvalue weighted by molar-refractivity contribution is 0.438. The lowest BCUT2D eigenvalue weighted by Crippen LogP contribution is -2.32. The highest BCUT2D eigenvalue weighted by atomic mass is 32.1. The molecule has 9 heteroatoms. The van der Waals surface area contributed by atoms with Crippen LogP contribution in [0.15, 0.2) is 352 Å². The van der Waals surface area contributed by atoms with Gasteiger partial charge in [0.1, 0.15) is 23.0 Å². The van der Waals surface area contributed by atoms with E-state index >= 15 is 0 Å². The average Bonchev–Trinajstić information content (AvgIpc) is 1.55. The molecule has 14 aromatic carbocycles. The standard InChI is InChI=1S/C96H58N6O2S/c1-4-23-63(24-5-1)89-97-92(66-53-47-60(48-54-66)59-45-49-62(50-46-59)69-33-21-41-80-87(69)103-82-43-18-16-38-77(82)95(80)74-35-13-10-29-70(74)71-30-11-14-36-75(71)95)100-93(98-89)67-55-51-61(52-56-67)68-32-20-40-79-86(68)72-31-12-15-37-76(72)96(79)78-39-17-19-44-83(78)104-88-73(34-22-42-81(88)96)84-57-58-85(105-84)94-101-90(64-25-6-2-7-26-64)99-91(102-94)65-27-8-3-9-28-65/h1-58H. The molecule has 0 amide bonds. The SMILES string of the molecule is c1ccc(-c2nc(-c3ccc(-c4ccc(-c5cccc6c5Oc5ccccc5C65c6ccccc6-c6ccccc65)cc4)cc3)nc(-c3ccc(-c4cccc5c4-c4ccccc4C54c5ccccc5Oc5c(-c6ccc(-c7nc(-c8ccccc8)nc(-c8ccccc8)n7)s6)cccc54)cc3)n2)cc1. The molecule has 2 aliphatic heterocycles. The second-order valence-electron chi connectivity index (χ2n) is 27.0. The summed E-state index contributed by atoms with van der Waals surface area (Å²) in [4.78, 5) is 32.8. The van der Waals surface area contributed by atoms with Crippen molar-refractivity contribution in [3.8, 4) is 157 Å². The Balaban J connectivity index is 0.610. The van der Waals surface area contributed by atoms with Crippen LogP contribution in [0, 0.1) is 0 Å². The zero-order valence-electron chi connectivity index (χ0n) is 56.4. The van der Waals surface area contributed by atoms with E-state index in [1.54, 1.807) is 11.3 Å². The number of thiophene rings is 1. The largest absolute Gasteiger partial charge is 0.456 e. The van der Waals surface area contributed by atoms with Crippen LogP contribution in [-0.2, 0) is 10.8 Å². The zero-order valence-corrected chi connectivity index (χ0v) is 57.2. The molecule has 4 aliphatic rings. The fourth-order valence-electron chi connectivity index (χ4n) is 16.8. The number of benzene rings is 14. The van der Waals surface area contributed by atoms with Crippen molar-refractivity contribution in [1.82, 2.24) is 29.9 Å². The number of hydrogen-bond acceptors (Lipinski definition) is 9. The van der Waals surface area contributed by atoms with Gasteiger partial charge in [-0.3, -0.25) is 0 Å². The van der Waals surface area contributed by atoms with Gasteiger partial charge in [0.15, 0.2) is 34.9 Å². The van der Waals surface area contributed by atoms with Gasteiger partial charge in [-0.2, -0.15) is 0 Å². The first kappa shape index (κ1) is 60.2. The van der Waals surface area contributed by atoms with Gasteiger partial charge in [-0.15, -0.1) is 11.3 Å². The molecule has 2 spiro atoms. The van der Waals surface area contributed by atoms with Crippen molar-refractivity contribution in [3.63, 3.8) is 0 Å². The van der Waals surface area contributed by atoms with Gasteiger partial charge in [0, 0.05) is 66.1 Å². The quantitative estimate of drug-likeness (QED) is 0.134. The third-order valence-electron chi connectivity index (χ3n) is 21.5. The van der Waals surface area contributed by atoms with E-state index in [-0.39, 0.29) is 0 Å². The maximum atomic E-state index is 7.22. The molecule has 21 rings (SSSR count). The Bertz CT molecular complexity index is 6240. The number of para-hydroxylation sites is 4. The lowest BCUT2D eigenvalue weighted by Gasteiger charge is -2.40. The molecule has 0 fully saturated rings. The first-order valence-electron chi connectivity index (χ1n) is 35.4. The molecule has 0 bridgehead atoms. The van der Waals surface area contributed by atoms with Gasteiger partial charge in [-0.05, 0) is 103 Å². The van der Waals surface area contributed by atoms with E-state index in [0.29, 0.717) is 34.9 Å². The Hall–Kier alpha value is -13.6. The molecule has 1 unspecified atom stereocenters. The number of aromatic nitrogens is 6. The minimum Gasteiger partial charge on any atom is -0.456 e. The first-order valence-corrected chi connectivity index (χ1v) is 36.2. The van der Waals surface area contributed by atoms with Gasteiger partial charge in [-0.1, -0.05) is 322 Å². The third-order valence-corrected chi connectivity index (χ3v) is 22.6. The fraction of sp³-hybridized carbons (Fsp3) is 0.0208.